The molecular weight excluding hydrogens is 222 g/mol. The molecule has 1 N–H and O–H groups in total. The van der Waals surface area contributed by atoms with E-state index in [0.717, 1.165) is 30.0 Å². The van der Waals surface area contributed by atoms with Gasteiger partial charge in [-0.1, -0.05) is 24.6 Å². The number of rotatable bonds is 5. The average molecular weight is 245 g/mol. The van der Waals surface area contributed by atoms with Gasteiger partial charge in [-0.05, 0) is 49.6 Å². The Morgan fingerprint density at radius 2 is 2.11 bits per heavy atom. The first-order valence-corrected chi connectivity index (χ1v) is 7.19. The van der Waals surface area contributed by atoms with E-state index in [9.17, 15) is 0 Å². The molecule has 2 bridgehead atoms. The number of para-hydroxylation sites is 1. The molecule has 2 aliphatic rings. The summed E-state index contributed by atoms with van der Waals surface area (Å²) in [6, 6.07) is 8.29. The van der Waals surface area contributed by atoms with Crippen LogP contribution in [-0.2, 0) is 6.54 Å². The van der Waals surface area contributed by atoms with Gasteiger partial charge in [0, 0.05) is 12.1 Å². The highest BCUT2D eigenvalue weighted by molar-refractivity contribution is 5.32. The van der Waals surface area contributed by atoms with Crippen molar-refractivity contribution in [3.8, 4) is 5.75 Å². The quantitative estimate of drug-likeness (QED) is 0.860. The zero-order chi connectivity index (χ0) is 12.4. The highest BCUT2D eigenvalue weighted by atomic mass is 16.5. The number of methoxy groups -OCH3 is 1. The Labute approximate surface area is 110 Å². The van der Waals surface area contributed by atoms with Gasteiger partial charge in [0.1, 0.15) is 5.75 Å². The van der Waals surface area contributed by atoms with Crippen LogP contribution in [0.4, 0.5) is 0 Å². The summed E-state index contributed by atoms with van der Waals surface area (Å²) in [6.07, 6.45) is 5.93. The summed E-state index contributed by atoms with van der Waals surface area (Å²) in [5, 5.41) is 3.62. The van der Waals surface area contributed by atoms with Crippen LogP contribution in [0, 0.1) is 17.8 Å². The number of hydrogen-bond acceptors (Lipinski definition) is 2. The molecule has 0 saturated heterocycles. The number of nitrogens with one attached hydrogen (secondary N) is 1. The largest absolute Gasteiger partial charge is 0.496 e. The Kier molecular flexibility index (Phi) is 3.55. The van der Waals surface area contributed by atoms with E-state index in [4.69, 9.17) is 4.74 Å². The molecule has 2 nitrogen and oxygen atoms in total. The molecule has 0 spiro atoms. The second-order valence-electron chi connectivity index (χ2n) is 5.88. The van der Waals surface area contributed by atoms with Crippen molar-refractivity contribution in [2.45, 2.75) is 32.2 Å². The van der Waals surface area contributed by atoms with Crippen molar-refractivity contribution in [3.05, 3.63) is 29.8 Å². The van der Waals surface area contributed by atoms with E-state index in [1.54, 1.807) is 7.11 Å². The fraction of sp³-hybridized carbons (Fsp3) is 0.625. The predicted molar refractivity (Wildman–Crippen MR) is 73.6 cm³/mol. The molecule has 2 heteroatoms. The third kappa shape index (κ3) is 2.39. The molecule has 0 amide bonds. The van der Waals surface area contributed by atoms with E-state index in [0.29, 0.717) is 0 Å². The summed E-state index contributed by atoms with van der Waals surface area (Å²) >= 11 is 0. The van der Waals surface area contributed by atoms with Crippen LogP contribution >= 0.6 is 0 Å². The summed E-state index contributed by atoms with van der Waals surface area (Å²) in [6.45, 7) is 2.11. The minimum Gasteiger partial charge on any atom is -0.496 e. The molecule has 0 radical (unpaired) electrons. The summed E-state index contributed by atoms with van der Waals surface area (Å²) < 4.78 is 5.38. The van der Waals surface area contributed by atoms with Gasteiger partial charge in [0.25, 0.3) is 0 Å². The first kappa shape index (κ1) is 12.0. The van der Waals surface area contributed by atoms with Crippen LogP contribution in [0.15, 0.2) is 24.3 Å². The molecule has 2 aliphatic carbocycles. The number of hydrogen-bond donors (Lipinski definition) is 1. The zero-order valence-electron chi connectivity index (χ0n) is 11.2. The lowest BCUT2D eigenvalue weighted by atomic mass is 9.89. The van der Waals surface area contributed by atoms with E-state index in [1.165, 1.54) is 37.8 Å². The van der Waals surface area contributed by atoms with Gasteiger partial charge in [0.05, 0.1) is 7.11 Å². The molecule has 1 aromatic rings. The van der Waals surface area contributed by atoms with Gasteiger partial charge < -0.3 is 10.1 Å². The van der Waals surface area contributed by atoms with Gasteiger partial charge in [0.2, 0.25) is 0 Å². The predicted octanol–water partition coefficient (Wildman–Crippen LogP) is 3.22. The van der Waals surface area contributed by atoms with Crippen LogP contribution in [0.5, 0.6) is 5.75 Å². The van der Waals surface area contributed by atoms with Gasteiger partial charge >= 0.3 is 0 Å². The molecule has 2 fully saturated rings. The van der Waals surface area contributed by atoms with Crippen LogP contribution in [0.3, 0.4) is 0 Å². The number of fused-ring (bicyclic) bond motifs is 2. The smallest absolute Gasteiger partial charge is 0.123 e. The van der Waals surface area contributed by atoms with Crippen molar-refractivity contribution in [2.24, 2.45) is 17.8 Å². The molecule has 0 heterocycles. The van der Waals surface area contributed by atoms with Crippen LogP contribution < -0.4 is 10.1 Å². The Bertz CT molecular complexity index is 404. The third-order valence-electron chi connectivity index (χ3n) is 4.80. The lowest BCUT2D eigenvalue weighted by molar-refractivity contribution is 0.317. The normalized spacial score (nSPS) is 29.7. The van der Waals surface area contributed by atoms with E-state index in [1.807, 2.05) is 12.1 Å². The summed E-state index contributed by atoms with van der Waals surface area (Å²) in [5.74, 6) is 3.99. The average Bonchev–Trinajstić information content (AvgIpc) is 3.02. The van der Waals surface area contributed by atoms with Gasteiger partial charge in [0.15, 0.2) is 0 Å². The van der Waals surface area contributed by atoms with E-state index >= 15 is 0 Å². The molecule has 3 atom stereocenters. The van der Waals surface area contributed by atoms with E-state index in [-0.39, 0.29) is 0 Å². The van der Waals surface area contributed by atoms with Gasteiger partial charge in [-0.25, -0.2) is 0 Å². The lowest BCUT2D eigenvalue weighted by Crippen LogP contribution is -2.26. The van der Waals surface area contributed by atoms with Gasteiger partial charge in [-0.3, -0.25) is 0 Å². The zero-order valence-corrected chi connectivity index (χ0v) is 11.2. The highest BCUT2D eigenvalue weighted by Crippen LogP contribution is 2.47. The maximum absolute atomic E-state index is 5.38. The number of benzene rings is 1. The monoisotopic (exact) mass is 245 g/mol. The SMILES string of the molecule is COc1ccccc1CNCC1CC2CCC1C2. The third-order valence-corrected chi connectivity index (χ3v) is 4.80. The Morgan fingerprint density at radius 1 is 1.22 bits per heavy atom. The van der Waals surface area contributed by atoms with Crippen molar-refractivity contribution in [2.75, 3.05) is 13.7 Å². The summed E-state index contributed by atoms with van der Waals surface area (Å²) in [5.41, 5.74) is 1.27. The fourth-order valence-electron chi connectivity index (χ4n) is 3.87. The molecule has 18 heavy (non-hydrogen) atoms. The Balaban J connectivity index is 1.50. The van der Waals surface area contributed by atoms with Crippen molar-refractivity contribution in [1.29, 1.82) is 0 Å². The molecule has 0 aromatic heterocycles. The molecule has 98 valence electrons. The summed E-state index contributed by atoms with van der Waals surface area (Å²) in [4.78, 5) is 0. The van der Waals surface area contributed by atoms with Gasteiger partial charge in [-0.2, -0.15) is 0 Å². The Hall–Kier alpha value is -1.02. The van der Waals surface area contributed by atoms with Crippen molar-refractivity contribution < 1.29 is 4.74 Å². The molecule has 0 aliphatic heterocycles. The van der Waals surface area contributed by atoms with Gasteiger partial charge in [-0.15, -0.1) is 0 Å². The summed E-state index contributed by atoms with van der Waals surface area (Å²) in [7, 11) is 1.74. The second-order valence-corrected chi connectivity index (χ2v) is 5.88. The molecule has 2 saturated carbocycles. The molecular formula is C16H23NO. The first-order chi connectivity index (χ1) is 8.86. The lowest BCUT2D eigenvalue weighted by Gasteiger charge is -2.22. The first-order valence-electron chi connectivity index (χ1n) is 7.19. The topological polar surface area (TPSA) is 21.3 Å². The number of ether oxygens (including phenoxy) is 1. The maximum atomic E-state index is 5.38. The van der Waals surface area contributed by atoms with Crippen LogP contribution in [0.25, 0.3) is 0 Å². The molecule has 3 unspecified atom stereocenters. The standard InChI is InChI=1S/C16H23NO/c1-18-16-5-3-2-4-14(16)10-17-11-15-9-12-6-7-13(15)8-12/h2-5,12-13,15,17H,6-11H2,1H3. The van der Waals surface area contributed by atoms with Crippen molar-refractivity contribution >= 4 is 0 Å². The van der Waals surface area contributed by atoms with E-state index < -0.39 is 0 Å². The molecule has 3 rings (SSSR count). The van der Waals surface area contributed by atoms with Crippen molar-refractivity contribution in [3.63, 3.8) is 0 Å². The van der Waals surface area contributed by atoms with Crippen molar-refractivity contribution in [1.82, 2.24) is 5.32 Å². The Morgan fingerprint density at radius 3 is 2.83 bits per heavy atom. The van der Waals surface area contributed by atoms with Crippen LogP contribution in [0.1, 0.15) is 31.2 Å². The van der Waals surface area contributed by atoms with Crippen LogP contribution in [-0.4, -0.2) is 13.7 Å². The van der Waals surface area contributed by atoms with E-state index in [2.05, 4.69) is 17.4 Å². The maximum Gasteiger partial charge on any atom is 0.123 e. The fourth-order valence-corrected chi connectivity index (χ4v) is 3.87. The minimum absolute atomic E-state index is 0.928. The second kappa shape index (κ2) is 5.31. The highest BCUT2D eigenvalue weighted by Gasteiger charge is 2.38. The van der Waals surface area contributed by atoms with Crippen LogP contribution in [0.2, 0.25) is 0 Å². The molecule has 1 aromatic carbocycles. The minimum atomic E-state index is 0.928.